The van der Waals surface area contributed by atoms with Crippen LogP contribution in [-0.2, 0) is 0 Å². The first-order valence-corrected chi connectivity index (χ1v) is 5.48. The molecule has 96 valence electrons. The molecule has 0 unspecified atom stereocenters. The molecule has 9 heteroatoms. The number of nitrogens with one attached hydrogen (secondary N) is 5. The molecule has 0 atom stereocenters. The molecule has 19 heavy (non-hydrogen) atoms. The fourth-order valence-corrected chi connectivity index (χ4v) is 1.72. The molecule has 1 aromatic heterocycles. The van der Waals surface area contributed by atoms with Crippen LogP contribution >= 0.6 is 0 Å². The average Bonchev–Trinajstić information content (AvgIpc) is 2.99. The maximum Gasteiger partial charge on any atom is 0.198 e. The zero-order chi connectivity index (χ0) is 13.4. The number of aromatic nitrogens is 2. The van der Waals surface area contributed by atoms with Crippen molar-refractivity contribution in [2.75, 3.05) is 22.9 Å². The number of nitrogens with zero attached hydrogens (tertiary/aromatic N) is 4. The monoisotopic (exact) mass is 257 g/mol. The van der Waals surface area contributed by atoms with Gasteiger partial charge in [0.2, 0.25) is 0 Å². The molecule has 9 nitrogen and oxygen atoms in total. The van der Waals surface area contributed by atoms with Gasteiger partial charge in [-0.05, 0) is 18.2 Å². The maximum atomic E-state index is 7.52. The molecule has 2 heterocycles. The molecule has 0 fully saturated rings. The Balaban J connectivity index is 2.02. The molecular weight excluding hydrogens is 246 g/mol. The minimum atomic E-state index is -0.0977. The highest BCUT2D eigenvalue weighted by molar-refractivity contribution is 5.76. The first-order chi connectivity index (χ1) is 9.15. The second-order valence-corrected chi connectivity index (χ2v) is 3.97. The van der Waals surface area contributed by atoms with Crippen molar-refractivity contribution in [1.82, 2.24) is 15.7 Å². The molecule has 2 aromatic rings. The third-order valence-corrected chi connectivity index (χ3v) is 2.72. The van der Waals surface area contributed by atoms with E-state index in [0.29, 0.717) is 0 Å². The number of rotatable bonds is 2. The zero-order valence-electron chi connectivity index (χ0n) is 10.0. The maximum absolute atomic E-state index is 7.52. The van der Waals surface area contributed by atoms with Gasteiger partial charge in [0.15, 0.2) is 16.3 Å². The molecule has 0 bridgehead atoms. The van der Waals surface area contributed by atoms with Crippen LogP contribution in [0.2, 0.25) is 0 Å². The summed E-state index contributed by atoms with van der Waals surface area (Å²) in [5.74, 6) is 0. The molecule has 0 saturated carbocycles. The largest absolute Gasteiger partial charge is 0.302 e. The van der Waals surface area contributed by atoms with Gasteiger partial charge in [0.25, 0.3) is 0 Å². The lowest BCUT2D eigenvalue weighted by Gasteiger charge is -2.12. The van der Waals surface area contributed by atoms with Crippen LogP contribution in [0.25, 0.3) is 0 Å². The fourth-order valence-electron chi connectivity index (χ4n) is 1.72. The van der Waals surface area contributed by atoms with Crippen molar-refractivity contribution < 1.29 is 0 Å². The topological polar surface area (TPSA) is 125 Å². The summed E-state index contributed by atoms with van der Waals surface area (Å²) in [6, 6.07) is 5.66. The molecular formula is C10H11N9. The van der Waals surface area contributed by atoms with Gasteiger partial charge >= 0.3 is 0 Å². The van der Waals surface area contributed by atoms with Gasteiger partial charge in [-0.15, -0.1) is 15.7 Å². The number of benzene rings is 1. The number of fused-ring (bicyclic) bond motifs is 1. The van der Waals surface area contributed by atoms with E-state index in [0.717, 1.165) is 17.1 Å². The average molecular weight is 257 g/mol. The SMILES string of the molecule is CN(N=c1c(=N)nnc1=N)c1ccc2c(c1)NNN2. The molecule has 0 saturated heterocycles. The van der Waals surface area contributed by atoms with Crippen LogP contribution in [-0.4, -0.2) is 17.2 Å². The highest BCUT2D eigenvalue weighted by Crippen LogP contribution is 2.28. The summed E-state index contributed by atoms with van der Waals surface area (Å²) in [7, 11) is 1.74. The minimum Gasteiger partial charge on any atom is -0.302 e. The number of hydrazine groups is 2. The molecule has 1 aliphatic rings. The van der Waals surface area contributed by atoms with Crippen molar-refractivity contribution in [3.8, 4) is 0 Å². The van der Waals surface area contributed by atoms with Gasteiger partial charge in [0.1, 0.15) is 0 Å². The van der Waals surface area contributed by atoms with Crippen LogP contribution in [0.15, 0.2) is 23.3 Å². The number of hydrogen-bond acceptors (Lipinski definition) is 9. The summed E-state index contributed by atoms with van der Waals surface area (Å²) in [6.07, 6.45) is 0. The van der Waals surface area contributed by atoms with E-state index in [1.807, 2.05) is 18.2 Å². The van der Waals surface area contributed by atoms with E-state index in [4.69, 9.17) is 10.8 Å². The van der Waals surface area contributed by atoms with Crippen LogP contribution in [0.3, 0.4) is 0 Å². The Hall–Kier alpha value is -2.81. The molecule has 0 amide bonds. The standard InChI is InChI=1S/C10H11N9/c1-19(17-8-9(11)15-16-10(8)12)5-2-3-6-7(4-5)14-18-13-6/h2-4,11-14,18H,1H3. The summed E-state index contributed by atoms with van der Waals surface area (Å²) < 4.78 is 0. The molecule has 0 aliphatic carbocycles. The second kappa shape index (κ2) is 4.14. The Morgan fingerprint density at radius 2 is 1.79 bits per heavy atom. The first-order valence-electron chi connectivity index (χ1n) is 5.48. The summed E-state index contributed by atoms with van der Waals surface area (Å²) in [4.78, 5) is 0. The summed E-state index contributed by atoms with van der Waals surface area (Å²) in [5.41, 5.74) is 11.1. The van der Waals surface area contributed by atoms with Crippen LogP contribution < -0.4 is 37.7 Å². The van der Waals surface area contributed by atoms with E-state index in [-0.39, 0.29) is 16.3 Å². The lowest BCUT2D eigenvalue weighted by molar-refractivity contribution is 0.932. The Bertz CT molecular complexity index is 741. The van der Waals surface area contributed by atoms with E-state index < -0.39 is 0 Å². The fraction of sp³-hybridized carbons (Fsp3) is 0.100. The van der Waals surface area contributed by atoms with E-state index in [2.05, 4.69) is 31.7 Å². The van der Waals surface area contributed by atoms with Gasteiger partial charge < -0.3 is 10.9 Å². The van der Waals surface area contributed by atoms with Crippen molar-refractivity contribution in [1.29, 1.82) is 10.8 Å². The van der Waals surface area contributed by atoms with Crippen molar-refractivity contribution in [2.24, 2.45) is 5.10 Å². The highest BCUT2D eigenvalue weighted by Gasteiger charge is 2.10. The van der Waals surface area contributed by atoms with Crippen LogP contribution in [0.5, 0.6) is 0 Å². The molecule has 1 aliphatic heterocycles. The predicted molar refractivity (Wildman–Crippen MR) is 66.9 cm³/mol. The number of anilines is 3. The van der Waals surface area contributed by atoms with Crippen LogP contribution in [0, 0.1) is 10.8 Å². The van der Waals surface area contributed by atoms with E-state index in [1.54, 1.807) is 12.1 Å². The summed E-state index contributed by atoms with van der Waals surface area (Å²) in [6.45, 7) is 0. The van der Waals surface area contributed by atoms with E-state index in [1.165, 1.54) is 0 Å². The molecule has 0 radical (unpaired) electrons. The van der Waals surface area contributed by atoms with Gasteiger partial charge in [-0.3, -0.25) is 15.8 Å². The van der Waals surface area contributed by atoms with E-state index in [9.17, 15) is 0 Å². The van der Waals surface area contributed by atoms with Crippen LogP contribution in [0.1, 0.15) is 0 Å². The Morgan fingerprint density at radius 3 is 2.53 bits per heavy atom. The Morgan fingerprint density at radius 1 is 1.11 bits per heavy atom. The third-order valence-electron chi connectivity index (χ3n) is 2.72. The minimum absolute atomic E-state index is 0.0977. The molecule has 1 aromatic carbocycles. The second-order valence-electron chi connectivity index (χ2n) is 3.97. The molecule has 5 N–H and O–H groups in total. The Labute approximate surface area is 107 Å². The van der Waals surface area contributed by atoms with Crippen molar-refractivity contribution in [3.63, 3.8) is 0 Å². The molecule has 0 spiro atoms. The van der Waals surface area contributed by atoms with E-state index >= 15 is 0 Å². The Kier molecular flexibility index (Phi) is 2.46. The van der Waals surface area contributed by atoms with Gasteiger partial charge in [0, 0.05) is 7.05 Å². The van der Waals surface area contributed by atoms with Gasteiger partial charge in [-0.1, -0.05) is 0 Å². The summed E-state index contributed by atoms with van der Waals surface area (Å²) in [5, 5.41) is 28.0. The lowest BCUT2D eigenvalue weighted by atomic mass is 10.2. The predicted octanol–water partition coefficient (Wildman–Crippen LogP) is -1.48. The van der Waals surface area contributed by atoms with Gasteiger partial charge in [-0.25, -0.2) is 0 Å². The smallest absolute Gasteiger partial charge is 0.198 e. The number of hydrogen-bond donors (Lipinski definition) is 5. The van der Waals surface area contributed by atoms with Crippen molar-refractivity contribution in [3.05, 3.63) is 34.5 Å². The lowest BCUT2D eigenvalue weighted by Crippen LogP contribution is -2.36. The van der Waals surface area contributed by atoms with Gasteiger partial charge in [0.05, 0.1) is 17.1 Å². The van der Waals surface area contributed by atoms with Gasteiger partial charge in [-0.2, -0.15) is 5.10 Å². The zero-order valence-corrected chi connectivity index (χ0v) is 10.0. The quantitative estimate of drug-likeness (QED) is 0.418. The van der Waals surface area contributed by atoms with Crippen LogP contribution in [0.4, 0.5) is 17.1 Å². The summed E-state index contributed by atoms with van der Waals surface area (Å²) >= 11 is 0. The van der Waals surface area contributed by atoms with Crippen molar-refractivity contribution >= 4 is 17.1 Å². The normalized spacial score (nSPS) is 12.5. The van der Waals surface area contributed by atoms with Crippen molar-refractivity contribution in [2.45, 2.75) is 0 Å². The third kappa shape index (κ3) is 1.91. The highest BCUT2D eigenvalue weighted by atomic mass is 15.6. The first kappa shape index (κ1) is 11.3. The molecule has 3 rings (SSSR count).